The van der Waals surface area contributed by atoms with Crippen LogP contribution in [0, 0.1) is 64.1 Å². The summed E-state index contributed by atoms with van der Waals surface area (Å²) in [6.07, 6.45) is 10.8. The van der Waals surface area contributed by atoms with Gasteiger partial charge >= 0.3 is 24.1 Å². The molecule has 1 amide bonds. The molecule has 0 saturated carbocycles. The highest BCUT2D eigenvalue weighted by Crippen LogP contribution is 2.46. The van der Waals surface area contributed by atoms with E-state index >= 15 is 0 Å². The highest BCUT2D eigenvalue weighted by atomic mass is 16.7. The summed E-state index contributed by atoms with van der Waals surface area (Å²) in [7, 11) is 0. The molecule has 8 rings (SSSR count). The monoisotopic (exact) mass is 1400 g/mol. The number of aryl methyl sites for hydroxylation is 1. The van der Waals surface area contributed by atoms with Crippen LogP contribution in [0.25, 0.3) is 11.3 Å². The number of imidazole rings is 2. The number of aromatic nitrogens is 5. The Morgan fingerprint density at radius 3 is 1.78 bits per heavy atom. The number of allylic oxidation sites excluding steroid dienone is 1. The van der Waals surface area contributed by atoms with Crippen LogP contribution in [0.15, 0.2) is 67.4 Å². The molecule has 556 valence electrons. The zero-order valence-electron chi connectivity index (χ0n) is 63.1. The topological polar surface area (TPSA) is 282 Å². The van der Waals surface area contributed by atoms with Crippen LogP contribution >= 0.6 is 0 Å². The lowest BCUT2D eigenvalue weighted by Gasteiger charge is -2.45. The van der Waals surface area contributed by atoms with Crippen molar-refractivity contribution in [3.05, 3.63) is 67.4 Å². The quantitative estimate of drug-likeness (QED) is 0.0640. The number of hydrogen-bond donors (Lipinski definition) is 1. The number of ether oxygens (including phenoxy) is 8. The Balaban J connectivity index is 0.000000287. The number of hydrogen-bond acceptors (Lipinski definition) is 20. The Labute approximate surface area is 592 Å². The third kappa shape index (κ3) is 18.4. The molecule has 23 nitrogen and oxygen atoms in total. The Kier molecular flexibility index (Phi) is 27.6. The van der Waals surface area contributed by atoms with Crippen molar-refractivity contribution in [1.82, 2.24) is 29.0 Å². The van der Waals surface area contributed by atoms with Gasteiger partial charge < -0.3 is 52.5 Å². The minimum atomic E-state index is -1.47. The van der Waals surface area contributed by atoms with Crippen molar-refractivity contribution in [3.63, 3.8) is 0 Å². The number of pyridine rings is 1. The highest BCUT2D eigenvalue weighted by molar-refractivity contribution is 6.01. The van der Waals surface area contributed by atoms with E-state index in [4.69, 9.17) is 37.9 Å². The summed E-state index contributed by atoms with van der Waals surface area (Å²) in [6.45, 7) is 38.4. The first kappa shape index (κ1) is 80.8. The van der Waals surface area contributed by atoms with E-state index in [1.165, 1.54) is 30.2 Å². The molecule has 4 saturated heterocycles. The van der Waals surface area contributed by atoms with Crippen LogP contribution in [0.2, 0.25) is 0 Å². The van der Waals surface area contributed by atoms with Crippen LogP contribution in [0.4, 0.5) is 9.59 Å². The number of aliphatic hydroxyl groups is 1. The number of rotatable bonds is 15. The van der Waals surface area contributed by atoms with Gasteiger partial charge in [-0.25, -0.2) is 24.1 Å². The standard InChI is InChI=1S/C42H62N4O9.C35H54N2O8/c1-10-34-42(11-2)33(46(40(51)55-42)19-13-12-18-45-23-31(44-24-45)30-14-16-43-17-15-30)21-32(47)26(4)22-41(8,9)37(28(6)36(49)29(7)38(50)53-34)54-39-35(48)25(3)20-27(5)52-39;1-12-27-35(13-2,45-33(41)37-15-14-36-19-37)18-22(5)28(38)21(4)17-34(10,11)30(25(8)29(39)26(9)31(40)43-27)44-32-24(7)20(3)16-23(6)42-32/h14-17,23-29,33-35,37,39,48H,10-13,18-22H2,1-9H3;14-15,18-21,23-27,30,32H,12-13,16-17H2,1-11H3/b;22-18+/t25-,26+,27+,28-,29+,33+,34+,35+,37+,39?,42-;20-,21+,23+,24+,25-,26+,27+,30+,32?,35-/m00/s1. The molecular formula is C77H116N6O17. The zero-order chi connectivity index (χ0) is 74.1. The molecule has 3 aromatic heterocycles. The van der Waals surface area contributed by atoms with Crippen LogP contribution in [-0.4, -0.2) is 160 Å². The number of aliphatic hydroxyl groups excluding tert-OH is 1. The van der Waals surface area contributed by atoms with E-state index in [9.17, 15) is 43.5 Å². The average Bonchev–Trinajstić information content (AvgIpc) is 1.60. The van der Waals surface area contributed by atoms with E-state index in [1.54, 1.807) is 71.2 Å². The molecule has 5 aliphatic rings. The van der Waals surface area contributed by atoms with Crippen molar-refractivity contribution < 1.29 is 81.4 Å². The highest BCUT2D eigenvalue weighted by Gasteiger charge is 2.60. The molecule has 2 unspecified atom stereocenters. The van der Waals surface area contributed by atoms with Crippen molar-refractivity contribution in [2.45, 2.75) is 288 Å². The predicted octanol–water partition coefficient (Wildman–Crippen LogP) is 13.0. The number of amides is 1. The summed E-state index contributed by atoms with van der Waals surface area (Å²) in [4.78, 5) is 125. The second kappa shape index (κ2) is 34.2. The molecule has 5 aliphatic heterocycles. The minimum Gasteiger partial charge on any atom is -0.457 e. The van der Waals surface area contributed by atoms with Gasteiger partial charge in [-0.15, -0.1) is 0 Å². The van der Waals surface area contributed by atoms with Crippen LogP contribution in [0.3, 0.4) is 0 Å². The van der Waals surface area contributed by atoms with Crippen molar-refractivity contribution >= 4 is 47.3 Å². The Morgan fingerprint density at radius 2 is 1.22 bits per heavy atom. The Morgan fingerprint density at radius 1 is 0.670 bits per heavy atom. The number of ketones is 4. The first-order valence-electron chi connectivity index (χ1n) is 36.7. The summed E-state index contributed by atoms with van der Waals surface area (Å²) < 4.78 is 53.2. The third-order valence-corrected chi connectivity index (χ3v) is 22.3. The number of cyclic esters (lactones) is 2. The van der Waals surface area contributed by atoms with Gasteiger partial charge in [0.25, 0.3) is 0 Å². The molecule has 0 spiro atoms. The summed E-state index contributed by atoms with van der Waals surface area (Å²) in [5.74, 6) is -6.67. The summed E-state index contributed by atoms with van der Waals surface area (Å²) >= 11 is 0. The molecule has 1 N–H and O–H groups in total. The molecular weight excluding hydrogens is 1280 g/mol. The molecule has 0 bridgehead atoms. The molecule has 100 heavy (non-hydrogen) atoms. The summed E-state index contributed by atoms with van der Waals surface area (Å²) in [5.41, 5.74) is -1.97. The van der Waals surface area contributed by atoms with Crippen LogP contribution in [-0.2, 0) is 73.2 Å². The van der Waals surface area contributed by atoms with Crippen LogP contribution in [0.5, 0.6) is 0 Å². The van der Waals surface area contributed by atoms with E-state index in [-0.39, 0.29) is 66.4 Å². The maximum Gasteiger partial charge on any atom is 0.420 e. The number of Topliss-reactive ketones (excluding diaryl/α,β-unsaturated/α-hetero) is 4. The number of carbonyl (C=O) groups excluding carboxylic acids is 8. The van der Waals surface area contributed by atoms with Gasteiger partial charge in [-0.3, -0.25) is 33.8 Å². The molecule has 0 radical (unpaired) electrons. The molecule has 0 aliphatic carbocycles. The zero-order valence-corrected chi connectivity index (χ0v) is 63.1. The number of nitrogens with zero attached hydrogens (tertiary/aromatic N) is 6. The molecule has 3 aromatic rings. The Hall–Kier alpha value is -6.53. The normalized spacial score (nSPS) is 36.3. The lowest BCUT2D eigenvalue weighted by atomic mass is 9.70. The van der Waals surface area contributed by atoms with E-state index in [0.29, 0.717) is 63.1 Å². The van der Waals surface area contributed by atoms with Crippen molar-refractivity contribution in [3.8, 4) is 11.3 Å². The van der Waals surface area contributed by atoms with Crippen molar-refractivity contribution in [2.24, 2.45) is 64.1 Å². The van der Waals surface area contributed by atoms with Gasteiger partial charge in [0.05, 0.1) is 42.5 Å². The number of esters is 2. The number of unbranched alkanes of at least 4 members (excludes halogenated alkanes) is 1. The Bertz CT molecular complexity index is 3310. The van der Waals surface area contributed by atoms with E-state index in [1.807, 2.05) is 99.1 Å². The molecule has 8 heterocycles. The predicted molar refractivity (Wildman–Crippen MR) is 373 cm³/mol. The van der Waals surface area contributed by atoms with Gasteiger partial charge in [0.1, 0.15) is 42.3 Å². The summed E-state index contributed by atoms with van der Waals surface area (Å²) in [5, 5.41) is 11.1. The van der Waals surface area contributed by atoms with Crippen molar-refractivity contribution in [1.29, 1.82) is 0 Å². The van der Waals surface area contributed by atoms with Gasteiger partial charge in [0, 0.05) is 85.6 Å². The second-order valence-electron chi connectivity index (χ2n) is 31.0. The lowest BCUT2D eigenvalue weighted by Crippen LogP contribution is -2.56. The minimum absolute atomic E-state index is 0.00343. The van der Waals surface area contributed by atoms with Crippen LogP contribution in [0.1, 0.15) is 209 Å². The molecule has 23 heteroatoms. The first-order chi connectivity index (χ1) is 47.0. The second-order valence-corrected chi connectivity index (χ2v) is 31.0. The average molecular weight is 1400 g/mol. The van der Waals surface area contributed by atoms with Gasteiger partial charge in [0.15, 0.2) is 41.1 Å². The molecule has 4 fully saturated rings. The smallest absolute Gasteiger partial charge is 0.420 e. The fourth-order valence-electron chi connectivity index (χ4n) is 16.3. The molecule has 21 atom stereocenters. The fraction of sp³-hybridized carbons (Fsp3) is 0.727. The van der Waals surface area contributed by atoms with Crippen LogP contribution < -0.4 is 0 Å². The largest absolute Gasteiger partial charge is 0.457 e. The number of carbonyl (C=O) groups is 8. The van der Waals surface area contributed by atoms with E-state index in [0.717, 1.165) is 24.1 Å². The first-order valence-corrected chi connectivity index (χ1v) is 36.7. The van der Waals surface area contributed by atoms with E-state index in [2.05, 4.69) is 28.8 Å². The van der Waals surface area contributed by atoms with Gasteiger partial charge in [0.2, 0.25) is 0 Å². The fourth-order valence-corrected chi connectivity index (χ4v) is 16.3. The lowest BCUT2D eigenvalue weighted by molar-refractivity contribution is -0.284. The summed E-state index contributed by atoms with van der Waals surface area (Å²) in [6, 6.07) is 3.12. The number of fused-ring (bicyclic) bond motifs is 1. The van der Waals surface area contributed by atoms with Gasteiger partial charge in [-0.2, -0.15) is 0 Å². The SMILES string of the molecule is CC[C@H]1OC(=O)[C@H](C)C(=O)[C@H](C)[C@@H](OC2O[C@H](C)C[C@H](C)[C@H]2C)C(C)(C)C[C@@H](C)C(=O)/C(C)=C/[C@]1(CC)OC(=O)n1ccnc1.CC[C@H]1OC(=O)[C@H](C)C(=O)[C@H](C)[C@@H](OC2O[C@H](C)C[C@H](C)[C@H]2O)C(C)(C)C[C@@H](C)C(=O)C[C@H]2N(CCCCn3cnc(-c4ccncc4)c3)C(=O)O[C@]12CC. The maximum atomic E-state index is 14.4. The maximum absolute atomic E-state index is 14.4. The van der Waals surface area contributed by atoms with Gasteiger partial charge in [-0.05, 0) is 145 Å². The van der Waals surface area contributed by atoms with E-state index < -0.39 is 131 Å². The molecule has 0 aromatic carbocycles. The third-order valence-electron chi connectivity index (χ3n) is 22.3. The van der Waals surface area contributed by atoms with Crippen molar-refractivity contribution in [2.75, 3.05) is 6.54 Å². The van der Waals surface area contributed by atoms with Gasteiger partial charge in [-0.1, -0.05) is 104 Å².